The largest absolute Gasteiger partial charge is 0.497 e. The van der Waals surface area contributed by atoms with E-state index in [0.717, 1.165) is 5.56 Å². The normalized spacial score (nSPS) is 10.8. The van der Waals surface area contributed by atoms with E-state index in [9.17, 15) is 13.2 Å². The van der Waals surface area contributed by atoms with E-state index in [4.69, 9.17) is 14.2 Å². The Labute approximate surface area is 187 Å². The van der Waals surface area contributed by atoms with Gasteiger partial charge in [-0.1, -0.05) is 12.1 Å². The van der Waals surface area contributed by atoms with Gasteiger partial charge in [-0.25, -0.2) is 8.42 Å². The number of nitrogens with one attached hydrogen (secondary N) is 2. The van der Waals surface area contributed by atoms with Gasteiger partial charge in [-0.05, 0) is 54.1 Å². The van der Waals surface area contributed by atoms with Crippen LogP contribution in [0.15, 0.2) is 71.6 Å². The van der Waals surface area contributed by atoms with Crippen LogP contribution in [0.5, 0.6) is 17.2 Å². The van der Waals surface area contributed by atoms with Gasteiger partial charge in [0.05, 0.1) is 38.3 Å². The Hall–Kier alpha value is -3.72. The lowest BCUT2D eigenvalue weighted by molar-refractivity contribution is -0.115. The maximum Gasteiger partial charge on any atom is 0.262 e. The SMILES string of the molecule is COc1ccc(CC(=O)Nc2ccc(S(=O)(=O)Nc3ccc(OC)cc3OC)cc2)cc1. The number of benzene rings is 3. The second-order valence-corrected chi connectivity index (χ2v) is 8.45. The van der Waals surface area contributed by atoms with Crippen LogP contribution in [-0.2, 0) is 21.2 Å². The number of hydrogen-bond donors (Lipinski definition) is 2. The first-order chi connectivity index (χ1) is 15.3. The maximum atomic E-state index is 12.8. The predicted molar refractivity (Wildman–Crippen MR) is 122 cm³/mol. The van der Waals surface area contributed by atoms with E-state index in [1.807, 2.05) is 12.1 Å². The van der Waals surface area contributed by atoms with E-state index in [1.165, 1.54) is 38.5 Å². The number of amides is 1. The van der Waals surface area contributed by atoms with Crippen molar-refractivity contribution in [2.75, 3.05) is 31.4 Å². The summed E-state index contributed by atoms with van der Waals surface area (Å²) in [4.78, 5) is 12.3. The lowest BCUT2D eigenvalue weighted by Crippen LogP contribution is -2.15. The summed E-state index contributed by atoms with van der Waals surface area (Å²) in [6, 6.07) is 17.9. The minimum atomic E-state index is -3.86. The molecule has 168 valence electrons. The summed E-state index contributed by atoms with van der Waals surface area (Å²) in [5, 5.41) is 2.76. The number of anilines is 2. The highest BCUT2D eigenvalue weighted by molar-refractivity contribution is 7.92. The molecule has 3 aromatic rings. The van der Waals surface area contributed by atoms with Crippen LogP contribution >= 0.6 is 0 Å². The van der Waals surface area contributed by atoms with Gasteiger partial charge in [0, 0.05) is 11.8 Å². The molecule has 0 aromatic heterocycles. The number of rotatable bonds is 9. The highest BCUT2D eigenvalue weighted by Crippen LogP contribution is 2.31. The molecule has 0 bridgehead atoms. The smallest absolute Gasteiger partial charge is 0.262 e. The Morgan fingerprint density at radius 2 is 1.44 bits per heavy atom. The average Bonchev–Trinajstić information content (AvgIpc) is 2.80. The number of carbonyl (C=O) groups excluding carboxylic acids is 1. The van der Waals surface area contributed by atoms with Crippen LogP contribution in [0.25, 0.3) is 0 Å². The summed E-state index contributed by atoms with van der Waals surface area (Å²) >= 11 is 0. The summed E-state index contributed by atoms with van der Waals surface area (Å²) in [5.74, 6) is 1.37. The molecule has 3 rings (SSSR count). The Kier molecular flexibility index (Phi) is 7.21. The first kappa shape index (κ1) is 23.0. The lowest BCUT2D eigenvalue weighted by Gasteiger charge is -2.13. The van der Waals surface area contributed by atoms with E-state index in [-0.39, 0.29) is 22.9 Å². The van der Waals surface area contributed by atoms with Crippen LogP contribution in [0.4, 0.5) is 11.4 Å². The average molecular weight is 457 g/mol. The quantitative estimate of drug-likeness (QED) is 0.509. The van der Waals surface area contributed by atoms with Gasteiger partial charge in [-0.2, -0.15) is 0 Å². The van der Waals surface area contributed by atoms with E-state index in [2.05, 4.69) is 10.0 Å². The Bertz CT molecular complexity index is 1180. The maximum absolute atomic E-state index is 12.8. The van der Waals surface area contributed by atoms with Gasteiger partial charge in [-0.15, -0.1) is 0 Å². The monoisotopic (exact) mass is 456 g/mol. The summed E-state index contributed by atoms with van der Waals surface area (Å²) in [6.45, 7) is 0. The van der Waals surface area contributed by atoms with Gasteiger partial charge < -0.3 is 19.5 Å². The molecule has 0 saturated heterocycles. The number of sulfonamides is 1. The van der Waals surface area contributed by atoms with E-state index in [0.29, 0.717) is 22.9 Å². The van der Waals surface area contributed by atoms with Crippen LogP contribution in [0, 0.1) is 0 Å². The second kappa shape index (κ2) is 10.1. The third kappa shape index (κ3) is 5.70. The Balaban J connectivity index is 1.66. The summed E-state index contributed by atoms with van der Waals surface area (Å²) in [5.41, 5.74) is 1.61. The zero-order chi connectivity index (χ0) is 23.1. The van der Waals surface area contributed by atoms with Crippen molar-refractivity contribution in [1.82, 2.24) is 0 Å². The van der Waals surface area contributed by atoms with Crippen LogP contribution in [0.1, 0.15) is 5.56 Å². The Morgan fingerprint density at radius 3 is 2.03 bits per heavy atom. The van der Waals surface area contributed by atoms with Gasteiger partial charge in [-0.3, -0.25) is 9.52 Å². The Morgan fingerprint density at radius 1 is 0.812 bits per heavy atom. The zero-order valence-electron chi connectivity index (χ0n) is 17.9. The first-order valence-electron chi connectivity index (χ1n) is 9.62. The molecular formula is C23H24N2O6S. The van der Waals surface area contributed by atoms with Crippen LogP contribution in [0.2, 0.25) is 0 Å². The van der Waals surface area contributed by atoms with Crippen LogP contribution in [-0.4, -0.2) is 35.7 Å². The molecule has 1 amide bonds. The fourth-order valence-corrected chi connectivity index (χ4v) is 4.01. The molecule has 3 aromatic carbocycles. The number of methoxy groups -OCH3 is 3. The summed E-state index contributed by atoms with van der Waals surface area (Å²) < 4.78 is 43.5. The predicted octanol–water partition coefficient (Wildman–Crippen LogP) is 3.69. The van der Waals surface area contributed by atoms with E-state index >= 15 is 0 Å². The molecule has 0 saturated carbocycles. The highest BCUT2D eigenvalue weighted by Gasteiger charge is 2.17. The lowest BCUT2D eigenvalue weighted by atomic mass is 10.1. The molecule has 2 N–H and O–H groups in total. The van der Waals surface area contributed by atoms with Gasteiger partial charge in [0.1, 0.15) is 17.2 Å². The molecule has 0 spiro atoms. The minimum Gasteiger partial charge on any atom is -0.497 e. The fourth-order valence-electron chi connectivity index (χ4n) is 2.94. The van der Waals surface area contributed by atoms with Crippen molar-refractivity contribution in [3.63, 3.8) is 0 Å². The molecular weight excluding hydrogens is 432 g/mol. The van der Waals surface area contributed by atoms with Gasteiger partial charge >= 0.3 is 0 Å². The third-order valence-corrected chi connectivity index (χ3v) is 6.01. The van der Waals surface area contributed by atoms with Crippen LogP contribution < -0.4 is 24.2 Å². The molecule has 0 aliphatic carbocycles. The van der Waals surface area contributed by atoms with Crippen molar-refractivity contribution < 1.29 is 27.4 Å². The van der Waals surface area contributed by atoms with Crippen molar-refractivity contribution in [2.45, 2.75) is 11.3 Å². The zero-order valence-corrected chi connectivity index (χ0v) is 18.7. The van der Waals surface area contributed by atoms with Crippen molar-refractivity contribution in [2.24, 2.45) is 0 Å². The van der Waals surface area contributed by atoms with Gasteiger partial charge in [0.15, 0.2) is 0 Å². The van der Waals surface area contributed by atoms with Gasteiger partial charge in [0.2, 0.25) is 5.91 Å². The highest BCUT2D eigenvalue weighted by atomic mass is 32.2. The molecule has 0 heterocycles. The fraction of sp³-hybridized carbons (Fsp3) is 0.174. The molecule has 0 aliphatic rings. The molecule has 0 radical (unpaired) electrons. The van der Waals surface area contributed by atoms with Crippen LogP contribution in [0.3, 0.4) is 0 Å². The van der Waals surface area contributed by atoms with Crippen molar-refractivity contribution in [3.05, 3.63) is 72.3 Å². The van der Waals surface area contributed by atoms with Gasteiger partial charge in [0.25, 0.3) is 10.0 Å². The topological polar surface area (TPSA) is 103 Å². The molecule has 9 heteroatoms. The summed E-state index contributed by atoms with van der Waals surface area (Å²) in [7, 11) is 0.667. The van der Waals surface area contributed by atoms with E-state index < -0.39 is 10.0 Å². The number of hydrogen-bond acceptors (Lipinski definition) is 6. The molecule has 0 atom stereocenters. The minimum absolute atomic E-state index is 0.0449. The molecule has 0 aliphatic heterocycles. The standard InChI is InChI=1S/C23H24N2O6S/c1-29-18-8-4-16(5-9-18)14-23(26)24-17-6-11-20(12-7-17)32(27,28)25-21-13-10-19(30-2)15-22(21)31-3/h4-13,15,25H,14H2,1-3H3,(H,24,26). The summed E-state index contributed by atoms with van der Waals surface area (Å²) in [6.07, 6.45) is 0.183. The number of carbonyl (C=O) groups is 1. The first-order valence-corrected chi connectivity index (χ1v) is 11.1. The molecule has 32 heavy (non-hydrogen) atoms. The molecule has 0 unspecified atom stereocenters. The van der Waals surface area contributed by atoms with Crippen molar-refractivity contribution >= 4 is 27.3 Å². The second-order valence-electron chi connectivity index (χ2n) is 6.77. The van der Waals surface area contributed by atoms with E-state index in [1.54, 1.807) is 37.4 Å². The third-order valence-electron chi connectivity index (χ3n) is 4.63. The van der Waals surface area contributed by atoms with Crippen molar-refractivity contribution in [1.29, 1.82) is 0 Å². The molecule has 0 fully saturated rings. The number of ether oxygens (including phenoxy) is 3. The molecule has 8 nitrogen and oxygen atoms in total. The van der Waals surface area contributed by atoms with Crippen molar-refractivity contribution in [3.8, 4) is 17.2 Å².